The van der Waals surface area contributed by atoms with E-state index in [0.29, 0.717) is 5.82 Å². The Labute approximate surface area is 117 Å². The molecule has 5 heteroatoms. The lowest BCUT2D eigenvalue weighted by atomic mass is 10.1. The van der Waals surface area contributed by atoms with Crippen LogP contribution in [0.2, 0.25) is 0 Å². The summed E-state index contributed by atoms with van der Waals surface area (Å²) in [5.74, 6) is 0.533. The maximum atomic E-state index is 11.9. The van der Waals surface area contributed by atoms with Crippen molar-refractivity contribution >= 4 is 17.5 Å². The second-order valence-electron chi connectivity index (χ2n) is 4.95. The van der Waals surface area contributed by atoms with E-state index in [2.05, 4.69) is 33.6 Å². The molecule has 5 nitrogen and oxygen atoms in total. The second kappa shape index (κ2) is 5.30. The summed E-state index contributed by atoms with van der Waals surface area (Å²) in [6, 6.07) is 11.1. The van der Waals surface area contributed by atoms with Gasteiger partial charge in [0, 0.05) is 25.0 Å². The minimum absolute atomic E-state index is 0.282. The Bertz CT molecular complexity index is 627. The number of rotatable bonds is 2. The van der Waals surface area contributed by atoms with Crippen LogP contribution in [0.1, 0.15) is 11.1 Å². The molecule has 102 valence electrons. The second-order valence-corrected chi connectivity index (χ2v) is 4.95. The number of nitrogens with zero attached hydrogens (tertiary/aromatic N) is 2. The molecule has 0 saturated carbocycles. The number of hydrogen-bond donors (Lipinski definition) is 2. The number of hydrogen-bond acceptors (Lipinski definition) is 3. The van der Waals surface area contributed by atoms with Crippen LogP contribution in [0.25, 0.3) is 0 Å². The highest BCUT2D eigenvalue weighted by Gasteiger charge is 2.15. The largest absolute Gasteiger partial charge is 0.324 e. The van der Waals surface area contributed by atoms with Gasteiger partial charge in [-0.1, -0.05) is 12.1 Å². The van der Waals surface area contributed by atoms with E-state index in [4.69, 9.17) is 0 Å². The summed E-state index contributed by atoms with van der Waals surface area (Å²) in [6.45, 7) is 1.89. The lowest BCUT2D eigenvalue weighted by Gasteiger charge is -2.08. The minimum Gasteiger partial charge on any atom is -0.308 e. The van der Waals surface area contributed by atoms with Gasteiger partial charge in [-0.15, -0.1) is 0 Å². The Hall–Kier alpha value is -2.40. The molecule has 0 fully saturated rings. The number of anilines is 2. The fraction of sp³-hybridized carbons (Fsp3) is 0.200. The molecule has 1 aromatic heterocycles. The number of fused-ring (bicyclic) bond motifs is 1. The van der Waals surface area contributed by atoms with Gasteiger partial charge in [0.2, 0.25) is 0 Å². The van der Waals surface area contributed by atoms with Gasteiger partial charge in [-0.2, -0.15) is 0 Å². The van der Waals surface area contributed by atoms with E-state index in [1.807, 2.05) is 18.2 Å². The smallest absolute Gasteiger partial charge is 0.308 e. The molecular formula is C15H16N4O. The fourth-order valence-corrected chi connectivity index (χ4v) is 2.36. The van der Waals surface area contributed by atoms with Gasteiger partial charge in [-0.05, 0) is 42.4 Å². The van der Waals surface area contributed by atoms with Crippen LogP contribution in [0, 0.1) is 0 Å². The lowest BCUT2D eigenvalue weighted by molar-refractivity contribution is 0.262. The highest BCUT2D eigenvalue weighted by molar-refractivity contribution is 5.99. The van der Waals surface area contributed by atoms with Gasteiger partial charge in [0.15, 0.2) is 0 Å². The molecule has 3 rings (SSSR count). The fourth-order valence-electron chi connectivity index (χ4n) is 2.36. The van der Waals surface area contributed by atoms with Crippen molar-refractivity contribution in [2.24, 2.45) is 0 Å². The summed E-state index contributed by atoms with van der Waals surface area (Å²) < 4.78 is 0. The molecule has 0 atom stereocenters. The molecule has 0 bridgehead atoms. The number of carbonyl (C=O) groups excluding carboxylic acids is 1. The Balaban J connectivity index is 1.66. The van der Waals surface area contributed by atoms with Crippen LogP contribution >= 0.6 is 0 Å². The maximum absolute atomic E-state index is 11.9. The Morgan fingerprint density at radius 3 is 2.80 bits per heavy atom. The molecule has 20 heavy (non-hydrogen) atoms. The van der Waals surface area contributed by atoms with Crippen molar-refractivity contribution in [3.8, 4) is 0 Å². The molecule has 1 aromatic carbocycles. The predicted molar refractivity (Wildman–Crippen MR) is 78.5 cm³/mol. The molecule has 2 N–H and O–H groups in total. The standard InChI is InChI=1S/C15H16N4O/c1-19-9-11-5-6-13(8-12(11)10-19)17-15(20)18-14-4-2-3-7-16-14/h2-8H,9-10H2,1H3,(H2,16,17,18,20). The van der Waals surface area contributed by atoms with Gasteiger partial charge in [0.05, 0.1) is 0 Å². The summed E-state index contributed by atoms with van der Waals surface area (Å²) in [5, 5.41) is 5.52. The normalized spacial score (nSPS) is 13.8. The molecule has 1 aliphatic heterocycles. The summed E-state index contributed by atoms with van der Waals surface area (Å²) in [7, 11) is 2.08. The first kappa shape index (κ1) is 12.6. The van der Waals surface area contributed by atoms with Gasteiger partial charge < -0.3 is 5.32 Å². The molecule has 2 aromatic rings. The Kier molecular flexibility index (Phi) is 3.35. The van der Waals surface area contributed by atoms with Crippen molar-refractivity contribution in [3.63, 3.8) is 0 Å². The zero-order valence-electron chi connectivity index (χ0n) is 11.3. The lowest BCUT2D eigenvalue weighted by Crippen LogP contribution is -2.20. The van der Waals surface area contributed by atoms with Crippen LogP contribution in [-0.2, 0) is 13.1 Å². The minimum atomic E-state index is -0.282. The predicted octanol–water partition coefficient (Wildman–Crippen LogP) is 2.67. The van der Waals surface area contributed by atoms with Crippen molar-refractivity contribution in [1.29, 1.82) is 0 Å². The topological polar surface area (TPSA) is 57.3 Å². The van der Waals surface area contributed by atoms with Gasteiger partial charge in [-0.25, -0.2) is 9.78 Å². The molecule has 0 aliphatic carbocycles. The number of carbonyl (C=O) groups is 1. The third kappa shape index (κ3) is 2.78. The molecule has 0 radical (unpaired) electrons. The van der Waals surface area contributed by atoms with E-state index in [-0.39, 0.29) is 6.03 Å². The Morgan fingerprint density at radius 2 is 2.00 bits per heavy atom. The molecule has 1 aliphatic rings. The van der Waals surface area contributed by atoms with Crippen LogP contribution in [0.15, 0.2) is 42.6 Å². The van der Waals surface area contributed by atoms with Crippen LogP contribution in [0.3, 0.4) is 0 Å². The molecule has 0 unspecified atom stereocenters. The van der Waals surface area contributed by atoms with Gasteiger partial charge in [0.25, 0.3) is 0 Å². The first-order chi connectivity index (χ1) is 9.70. The number of aromatic nitrogens is 1. The average Bonchev–Trinajstić information content (AvgIpc) is 2.79. The SMILES string of the molecule is CN1Cc2ccc(NC(=O)Nc3ccccn3)cc2C1. The van der Waals surface area contributed by atoms with E-state index in [1.54, 1.807) is 18.3 Å². The van der Waals surface area contributed by atoms with Gasteiger partial charge in [-0.3, -0.25) is 10.2 Å². The van der Waals surface area contributed by atoms with E-state index in [1.165, 1.54) is 11.1 Å². The van der Waals surface area contributed by atoms with E-state index in [9.17, 15) is 4.79 Å². The van der Waals surface area contributed by atoms with Crippen molar-refractivity contribution in [2.45, 2.75) is 13.1 Å². The first-order valence-corrected chi connectivity index (χ1v) is 6.50. The van der Waals surface area contributed by atoms with E-state index < -0.39 is 0 Å². The van der Waals surface area contributed by atoms with Gasteiger partial charge in [0.1, 0.15) is 5.82 Å². The van der Waals surface area contributed by atoms with Crippen LogP contribution in [-0.4, -0.2) is 23.0 Å². The quantitative estimate of drug-likeness (QED) is 0.880. The number of urea groups is 1. The van der Waals surface area contributed by atoms with Crippen LogP contribution in [0.4, 0.5) is 16.3 Å². The van der Waals surface area contributed by atoms with E-state index in [0.717, 1.165) is 18.8 Å². The van der Waals surface area contributed by atoms with Crippen molar-refractivity contribution in [1.82, 2.24) is 9.88 Å². The number of pyridine rings is 1. The summed E-state index contributed by atoms with van der Waals surface area (Å²) in [6.07, 6.45) is 1.64. The molecule has 0 saturated heterocycles. The summed E-state index contributed by atoms with van der Waals surface area (Å²) >= 11 is 0. The number of amides is 2. The summed E-state index contributed by atoms with van der Waals surface area (Å²) in [4.78, 5) is 18.2. The Morgan fingerprint density at radius 1 is 1.15 bits per heavy atom. The van der Waals surface area contributed by atoms with Crippen molar-refractivity contribution < 1.29 is 4.79 Å². The number of nitrogens with one attached hydrogen (secondary N) is 2. The third-order valence-corrected chi connectivity index (χ3v) is 3.25. The van der Waals surface area contributed by atoms with Crippen molar-refractivity contribution in [2.75, 3.05) is 17.7 Å². The monoisotopic (exact) mass is 268 g/mol. The maximum Gasteiger partial charge on any atom is 0.324 e. The highest BCUT2D eigenvalue weighted by Crippen LogP contribution is 2.24. The van der Waals surface area contributed by atoms with Crippen molar-refractivity contribution in [3.05, 3.63) is 53.7 Å². The molecule has 2 amide bonds. The van der Waals surface area contributed by atoms with Gasteiger partial charge >= 0.3 is 6.03 Å². The molecule has 0 spiro atoms. The van der Waals surface area contributed by atoms with Crippen LogP contribution in [0.5, 0.6) is 0 Å². The number of benzene rings is 1. The molecule has 2 heterocycles. The molecular weight excluding hydrogens is 252 g/mol. The zero-order valence-corrected chi connectivity index (χ0v) is 11.3. The average molecular weight is 268 g/mol. The summed E-state index contributed by atoms with van der Waals surface area (Å²) in [5.41, 5.74) is 3.39. The first-order valence-electron chi connectivity index (χ1n) is 6.50. The zero-order chi connectivity index (χ0) is 13.9. The highest BCUT2D eigenvalue weighted by atomic mass is 16.2. The third-order valence-electron chi connectivity index (χ3n) is 3.25. The van der Waals surface area contributed by atoms with Crippen LogP contribution < -0.4 is 10.6 Å². The van der Waals surface area contributed by atoms with E-state index >= 15 is 0 Å².